The van der Waals surface area contributed by atoms with Crippen molar-refractivity contribution in [2.45, 2.75) is 39.0 Å². The second kappa shape index (κ2) is 6.98. The van der Waals surface area contributed by atoms with Crippen molar-refractivity contribution in [2.24, 2.45) is 0 Å². The standard InChI is InChI=1S/C16H22N2O/c1-2-3-4-5-6-11-19-16-8-7-15(17)14-12-18-10-9-13(14)16/h7-10,12H,2-6,11,17H2,1H3. The van der Waals surface area contributed by atoms with Gasteiger partial charge in [0.05, 0.1) is 6.61 Å². The van der Waals surface area contributed by atoms with Gasteiger partial charge in [0.1, 0.15) is 5.75 Å². The molecule has 0 saturated heterocycles. The fourth-order valence-electron chi connectivity index (χ4n) is 2.20. The van der Waals surface area contributed by atoms with Crippen LogP contribution in [-0.2, 0) is 0 Å². The zero-order chi connectivity index (χ0) is 13.5. The number of fused-ring (bicyclic) bond motifs is 1. The van der Waals surface area contributed by atoms with E-state index in [1.165, 1.54) is 25.7 Å². The van der Waals surface area contributed by atoms with E-state index in [9.17, 15) is 0 Å². The first-order valence-corrected chi connectivity index (χ1v) is 7.08. The Bertz CT molecular complexity index is 525. The molecule has 1 aromatic carbocycles. The minimum absolute atomic E-state index is 0.749. The number of hydrogen-bond donors (Lipinski definition) is 1. The average molecular weight is 258 g/mol. The minimum Gasteiger partial charge on any atom is -0.493 e. The molecule has 2 N–H and O–H groups in total. The highest BCUT2D eigenvalue weighted by molar-refractivity contribution is 5.96. The molecule has 0 spiro atoms. The van der Waals surface area contributed by atoms with Gasteiger partial charge < -0.3 is 10.5 Å². The predicted molar refractivity (Wildman–Crippen MR) is 80.4 cm³/mol. The van der Waals surface area contributed by atoms with Gasteiger partial charge in [-0.3, -0.25) is 4.98 Å². The lowest BCUT2D eigenvalue weighted by Crippen LogP contribution is -1.99. The van der Waals surface area contributed by atoms with Gasteiger partial charge in [-0.1, -0.05) is 32.6 Å². The lowest BCUT2D eigenvalue weighted by molar-refractivity contribution is 0.308. The van der Waals surface area contributed by atoms with Crippen LogP contribution in [-0.4, -0.2) is 11.6 Å². The van der Waals surface area contributed by atoms with Crippen LogP contribution in [0.5, 0.6) is 5.75 Å². The molecule has 0 radical (unpaired) electrons. The summed E-state index contributed by atoms with van der Waals surface area (Å²) in [5.41, 5.74) is 6.69. The summed E-state index contributed by atoms with van der Waals surface area (Å²) in [6.45, 7) is 3.00. The number of benzene rings is 1. The summed E-state index contributed by atoms with van der Waals surface area (Å²) < 4.78 is 5.87. The summed E-state index contributed by atoms with van der Waals surface area (Å²) >= 11 is 0. The number of ether oxygens (including phenoxy) is 1. The van der Waals surface area contributed by atoms with Crippen molar-refractivity contribution in [2.75, 3.05) is 12.3 Å². The molecule has 0 aliphatic carbocycles. The molecule has 3 nitrogen and oxygen atoms in total. The summed E-state index contributed by atoms with van der Waals surface area (Å²) in [4.78, 5) is 4.11. The fraction of sp³-hybridized carbons (Fsp3) is 0.438. The molecule has 102 valence electrons. The first-order chi connectivity index (χ1) is 9.33. The van der Waals surface area contributed by atoms with E-state index in [0.29, 0.717) is 0 Å². The van der Waals surface area contributed by atoms with Gasteiger partial charge in [0.2, 0.25) is 0 Å². The lowest BCUT2D eigenvalue weighted by Gasteiger charge is -2.10. The Labute approximate surface area is 114 Å². The Hall–Kier alpha value is -1.77. The zero-order valence-corrected chi connectivity index (χ0v) is 11.6. The number of nitrogens with two attached hydrogens (primary N) is 1. The van der Waals surface area contributed by atoms with Crippen LogP contribution in [0, 0.1) is 0 Å². The van der Waals surface area contributed by atoms with Crippen LogP contribution in [0.1, 0.15) is 39.0 Å². The van der Waals surface area contributed by atoms with Crippen molar-refractivity contribution in [3.63, 3.8) is 0 Å². The van der Waals surface area contributed by atoms with Crippen LogP contribution in [0.25, 0.3) is 10.8 Å². The summed E-state index contributed by atoms with van der Waals surface area (Å²) in [6.07, 6.45) is 9.80. The predicted octanol–water partition coefficient (Wildman–Crippen LogP) is 4.17. The molecule has 3 heteroatoms. The lowest BCUT2D eigenvalue weighted by atomic mass is 10.1. The van der Waals surface area contributed by atoms with Crippen LogP contribution in [0.2, 0.25) is 0 Å². The van der Waals surface area contributed by atoms with E-state index in [2.05, 4.69) is 11.9 Å². The Morgan fingerprint density at radius 1 is 1.05 bits per heavy atom. The Kier molecular flexibility index (Phi) is 5.01. The zero-order valence-electron chi connectivity index (χ0n) is 11.6. The van der Waals surface area contributed by atoms with Crippen molar-refractivity contribution in [3.05, 3.63) is 30.6 Å². The fourth-order valence-corrected chi connectivity index (χ4v) is 2.20. The topological polar surface area (TPSA) is 48.1 Å². The number of pyridine rings is 1. The van der Waals surface area contributed by atoms with Gasteiger partial charge in [-0.2, -0.15) is 0 Å². The molecule has 0 saturated carbocycles. The molecular weight excluding hydrogens is 236 g/mol. The van der Waals surface area contributed by atoms with Crippen molar-refractivity contribution in [3.8, 4) is 5.75 Å². The van der Waals surface area contributed by atoms with Gasteiger partial charge in [-0.25, -0.2) is 0 Å². The summed E-state index contributed by atoms with van der Waals surface area (Å²) in [7, 11) is 0. The maximum Gasteiger partial charge on any atom is 0.127 e. The number of nitrogens with zero attached hydrogens (tertiary/aromatic N) is 1. The van der Waals surface area contributed by atoms with Gasteiger partial charge >= 0.3 is 0 Å². The third-order valence-electron chi connectivity index (χ3n) is 3.32. The Balaban J connectivity index is 1.96. The van der Waals surface area contributed by atoms with Crippen LogP contribution >= 0.6 is 0 Å². The molecule has 1 aromatic heterocycles. The van der Waals surface area contributed by atoms with E-state index < -0.39 is 0 Å². The largest absolute Gasteiger partial charge is 0.493 e. The second-order valence-corrected chi connectivity index (χ2v) is 4.84. The smallest absolute Gasteiger partial charge is 0.127 e. The highest BCUT2D eigenvalue weighted by Gasteiger charge is 2.04. The third kappa shape index (κ3) is 3.60. The average Bonchev–Trinajstić information content (AvgIpc) is 2.45. The highest BCUT2D eigenvalue weighted by Crippen LogP contribution is 2.29. The molecule has 1 heterocycles. The quantitative estimate of drug-likeness (QED) is 0.599. The SMILES string of the molecule is CCCCCCCOc1ccc(N)c2cnccc12. The molecule has 0 fully saturated rings. The van der Waals surface area contributed by atoms with E-state index >= 15 is 0 Å². The summed E-state index contributed by atoms with van der Waals surface area (Å²) in [5, 5.41) is 2.01. The molecule has 19 heavy (non-hydrogen) atoms. The van der Waals surface area contributed by atoms with Crippen LogP contribution in [0.15, 0.2) is 30.6 Å². The maximum atomic E-state index is 5.94. The van der Waals surface area contributed by atoms with Gasteiger partial charge in [0, 0.05) is 28.9 Å². The molecule has 0 aliphatic rings. The second-order valence-electron chi connectivity index (χ2n) is 4.84. The summed E-state index contributed by atoms with van der Waals surface area (Å²) in [6, 6.07) is 5.79. The van der Waals surface area contributed by atoms with Crippen LogP contribution in [0.4, 0.5) is 5.69 Å². The normalized spacial score (nSPS) is 10.8. The molecule has 0 atom stereocenters. The Morgan fingerprint density at radius 2 is 1.89 bits per heavy atom. The molecule has 0 aliphatic heterocycles. The molecule has 2 rings (SSSR count). The van der Waals surface area contributed by atoms with Crippen LogP contribution in [0.3, 0.4) is 0 Å². The number of unbranched alkanes of at least 4 members (excludes halogenated alkanes) is 4. The molecule has 0 amide bonds. The van der Waals surface area contributed by atoms with E-state index in [1.807, 2.05) is 18.2 Å². The van der Waals surface area contributed by atoms with Gasteiger partial charge in [0.15, 0.2) is 0 Å². The van der Waals surface area contributed by atoms with Gasteiger partial charge in [-0.05, 0) is 24.6 Å². The van der Waals surface area contributed by atoms with Crippen molar-refractivity contribution in [1.29, 1.82) is 0 Å². The minimum atomic E-state index is 0.749. The number of nitrogen functional groups attached to an aromatic ring is 1. The van der Waals surface area contributed by atoms with Crippen molar-refractivity contribution in [1.82, 2.24) is 4.98 Å². The molecule has 0 unspecified atom stereocenters. The molecule has 0 bridgehead atoms. The monoisotopic (exact) mass is 258 g/mol. The first kappa shape index (κ1) is 13.7. The van der Waals surface area contributed by atoms with E-state index in [-0.39, 0.29) is 0 Å². The van der Waals surface area contributed by atoms with Crippen LogP contribution < -0.4 is 10.5 Å². The van der Waals surface area contributed by atoms with E-state index in [4.69, 9.17) is 10.5 Å². The number of hydrogen-bond acceptors (Lipinski definition) is 3. The number of aromatic nitrogens is 1. The third-order valence-corrected chi connectivity index (χ3v) is 3.32. The summed E-state index contributed by atoms with van der Waals surface area (Å²) in [5.74, 6) is 0.905. The first-order valence-electron chi connectivity index (χ1n) is 7.08. The molecule has 2 aromatic rings. The molecular formula is C16H22N2O. The number of anilines is 1. The van der Waals surface area contributed by atoms with Gasteiger partial charge in [0.25, 0.3) is 0 Å². The van der Waals surface area contributed by atoms with Crippen molar-refractivity contribution < 1.29 is 4.74 Å². The van der Waals surface area contributed by atoms with Gasteiger partial charge in [-0.15, -0.1) is 0 Å². The van der Waals surface area contributed by atoms with E-state index in [0.717, 1.165) is 35.2 Å². The number of rotatable bonds is 7. The maximum absolute atomic E-state index is 5.94. The Morgan fingerprint density at radius 3 is 2.74 bits per heavy atom. The van der Waals surface area contributed by atoms with E-state index in [1.54, 1.807) is 12.4 Å². The van der Waals surface area contributed by atoms with Crippen molar-refractivity contribution >= 4 is 16.5 Å². The highest BCUT2D eigenvalue weighted by atomic mass is 16.5.